The monoisotopic (exact) mass is 318 g/mol. The van der Waals surface area contributed by atoms with Gasteiger partial charge in [-0.2, -0.15) is 26.3 Å². The molecule has 0 saturated heterocycles. The van der Waals surface area contributed by atoms with Gasteiger partial charge in [-0.05, 0) is 13.8 Å². The van der Waals surface area contributed by atoms with Crippen molar-refractivity contribution in [3.8, 4) is 0 Å². The smallest absolute Gasteiger partial charge is 0.430 e. The van der Waals surface area contributed by atoms with Crippen molar-refractivity contribution < 1.29 is 57.6 Å². The minimum atomic E-state index is -5.19. The molecule has 0 saturated carbocycles. The van der Waals surface area contributed by atoms with Gasteiger partial charge in [0.05, 0.1) is 13.1 Å². The van der Waals surface area contributed by atoms with Crippen molar-refractivity contribution in [2.75, 3.05) is 13.1 Å². The van der Waals surface area contributed by atoms with E-state index in [0.717, 1.165) is 13.1 Å². The molecule has 0 aliphatic rings. The van der Waals surface area contributed by atoms with E-state index < -0.39 is 24.3 Å². The lowest BCUT2D eigenvalue weighted by atomic mass is 10.7. The fourth-order valence-electron chi connectivity index (χ4n) is 0. The van der Waals surface area contributed by atoms with Gasteiger partial charge in [-0.1, -0.05) is 0 Å². The summed E-state index contributed by atoms with van der Waals surface area (Å²) in [5.41, 5.74) is 6.97. The van der Waals surface area contributed by atoms with E-state index in [9.17, 15) is 26.3 Å². The number of quaternary nitrogens is 2. The predicted molar refractivity (Wildman–Crippen MR) is 49.0 cm³/mol. The van der Waals surface area contributed by atoms with E-state index in [2.05, 4.69) is 11.5 Å². The quantitative estimate of drug-likeness (QED) is 0.463. The number of hydrogen-bond donors (Lipinski definition) is 2. The Morgan fingerprint density at radius 3 is 0.850 bits per heavy atom. The van der Waals surface area contributed by atoms with Gasteiger partial charge in [-0.25, -0.2) is 0 Å². The van der Waals surface area contributed by atoms with E-state index >= 15 is 0 Å². The molecule has 12 heteroatoms. The normalized spacial score (nSPS) is 9.70. The van der Waals surface area contributed by atoms with Crippen LogP contribution >= 0.6 is 0 Å². The van der Waals surface area contributed by atoms with Gasteiger partial charge in [0.15, 0.2) is 0 Å². The summed E-state index contributed by atoms with van der Waals surface area (Å²) in [6.45, 7) is 6.03. The van der Waals surface area contributed by atoms with Crippen LogP contribution < -0.4 is 21.7 Å². The van der Waals surface area contributed by atoms with Crippen molar-refractivity contribution in [1.82, 2.24) is 0 Å². The minimum absolute atomic E-state index is 1.00. The van der Waals surface area contributed by atoms with Crippen LogP contribution in [0.5, 0.6) is 0 Å². The van der Waals surface area contributed by atoms with Crippen LogP contribution in [0.1, 0.15) is 13.8 Å². The molecule has 0 fully saturated rings. The van der Waals surface area contributed by atoms with E-state index in [1.54, 1.807) is 0 Å². The van der Waals surface area contributed by atoms with E-state index in [-0.39, 0.29) is 0 Å². The van der Waals surface area contributed by atoms with Gasteiger partial charge in [0.2, 0.25) is 0 Å². The average molecular weight is 318 g/mol. The largest absolute Gasteiger partial charge is 0.542 e. The maximum Gasteiger partial charge on any atom is 0.430 e. The van der Waals surface area contributed by atoms with Crippen molar-refractivity contribution in [2.24, 2.45) is 0 Å². The van der Waals surface area contributed by atoms with E-state index in [1.165, 1.54) is 0 Å². The molecule has 0 spiro atoms. The molecule has 6 N–H and O–H groups in total. The van der Waals surface area contributed by atoms with Gasteiger partial charge in [0.25, 0.3) is 0 Å². The highest BCUT2D eigenvalue weighted by atomic mass is 19.4. The second-order valence-electron chi connectivity index (χ2n) is 2.57. The maximum absolute atomic E-state index is 10.5. The van der Waals surface area contributed by atoms with Crippen LogP contribution in [0.15, 0.2) is 0 Å². The maximum atomic E-state index is 10.5. The Hall–Kier alpha value is -1.56. The van der Waals surface area contributed by atoms with Gasteiger partial charge in [-0.3, -0.25) is 0 Å². The number of aliphatic carboxylic acids is 2. The number of carboxylic acids is 2. The molecule has 0 radical (unpaired) electrons. The van der Waals surface area contributed by atoms with Crippen LogP contribution in [-0.4, -0.2) is 37.4 Å². The molecule has 0 aromatic heterocycles. The van der Waals surface area contributed by atoms with Gasteiger partial charge in [0, 0.05) is 0 Å². The van der Waals surface area contributed by atoms with Crippen LogP contribution in [0.2, 0.25) is 0 Å². The van der Waals surface area contributed by atoms with Crippen LogP contribution in [0.4, 0.5) is 26.3 Å². The number of alkyl halides is 6. The van der Waals surface area contributed by atoms with E-state index in [1.807, 2.05) is 13.8 Å². The lowest BCUT2D eigenvalue weighted by Crippen LogP contribution is -2.48. The number of carbonyl (C=O) groups is 2. The Bertz CT molecular complexity index is 228. The molecule has 0 aromatic carbocycles. The van der Waals surface area contributed by atoms with Crippen molar-refractivity contribution in [1.29, 1.82) is 0 Å². The molecule has 6 nitrogen and oxygen atoms in total. The van der Waals surface area contributed by atoms with Gasteiger partial charge < -0.3 is 31.3 Å². The Morgan fingerprint density at radius 2 is 0.850 bits per heavy atom. The summed E-state index contributed by atoms with van der Waals surface area (Å²) < 4.78 is 63.1. The number of carboxylic acid groups (broad SMARTS) is 2. The van der Waals surface area contributed by atoms with Crippen LogP contribution in [0.25, 0.3) is 0 Å². The molecule has 0 amide bonds. The number of rotatable bonds is 0. The third-order valence-corrected chi connectivity index (χ3v) is 0.463. The third kappa shape index (κ3) is 36.0. The van der Waals surface area contributed by atoms with E-state index in [0.29, 0.717) is 0 Å². The Balaban J connectivity index is -0.0000000927. The Kier molecular flexibility index (Phi) is 18.6. The van der Waals surface area contributed by atoms with Crippen LogP contribution in [0.3, 0.4) is 0 Å². The zero-order valence-electron chi connectivity index (χ0n) is 10.7. The first-order valence-corrected chi connectivity index (χ1v) is 4.86. The highest BCUT2D eigenvalue weighted by Gasteiger charge is 2.29. The molecule has 0 aliphatic heterocycles. The van der Waals surface area contributed by atoms with Crippen molar-refractivity contribution in [3.63, 3.8) is 0 Å². The molecule has 0 rings (SSSR count). The topological polar surface area (TPSA) is 136 Å². The molecule has 0 aliphatic carbocycles. The standard InChI is InChI=1S/2C2HF3O2.2C2H7N/c2*3-2(4,5)1(6)7;2*1-2-3/h2*(H,6,7);2*2-3H2,1H3. The summed E-state index contributed by atoms with van der Waals surface area (Å²) in [6, 6.07) is 0. The fraction of sp³-hybridized carbons (Fsp3) is 0.750. The molecule has 0 bridgehead atoms. The fourth-order valence-corrected chi connectivity index (χ4v) is 0. The predicted octanol–water partition coefficient (Wildman–Crippen LogP) is -2.91. The van der Waals surface area contributed by atoms with Gasteiger partial charge in [-0.15, -0.1) is 0 Å². The first kappa shape index (κ1) is 26.9. The lowest BCUT2D eigenvalue weighted by molar-refractivity contribution is -0.362. The van der Waals surface area contributed by atoms with Gasteiger partial charge in [0.1, 0.15) is 11.9 Å². The molecule has 0 aromatic rings. The summed E-state index contributed by atoms with van der Waals surface area (Å²) in [5.74, 6) is -6.01. The zero-order chi connectivity index (χ0) is 17.6. The Morgan fingerprint density at radius 1 is 0.800 bits per heavy atom. The molecular weight excluding hydrogens is 302 g/mol. The van der Waals surface area contributed by atoms with Crippen LogP contribution in [0, 0.1) is 0 Å². The molecule has 124 valence electrons. The number of carbonyl (C=O) groups excluding carboxylic acids is 2. The van der Waals surface area contributed by atoms with Crippen molar-refractivity contribution >= 4 is 11.9 Å². The molecular formula is C8H16F6N2O4. The Labute approximate surface area is 110 Å². The van der Waals surface area contributed by atoms with E-state index in [4.69, 9.17) is 19.8 Å². The number of hydrogen-bond acceptors (Lipinski definition) is 4. The second kappa shape index (κ2) is 13.9. The van der Waals surface area contributed by atoms with Crippen LogP contribution in [-0.2, 0) is 9.59 Å². The zero-order valence-corrected chi connectivity index (χ0v) is 10.7. The SMILES string of the molecule is CC[NH3+].CC[NH3+].O=C([O-])C(F)(F)F.O=C([O-])C(F)(F)F. The van der Waals surface area contributed by atoms with Crippen molar-refractivity contribution in [2.45, 2.75) is 26.2 Å². The third-order valence-electron chi connectivity index (χ3n) is 0.463. The summed E-state index contributed by atoms with van der Waals surface area (Å²) in [7, 11) is 0. The highest BCUT2D eigenvalue weighted by Crippen LogP contribution is 2.12. The second-order valence-corrected chi connectivity index (χ2v) is 2.57. The summed E-state index contributed by atoms with van der Waals surface area (Å²) >= 11 is 0. The summed E-state index contributed by atoms with van der Waals surface area (Å²) in [4.78, 5) is 17.6. The molecule has 0 atom stereocenters. The molecule has 0 unspecified atom stereocenters. The molecule has 20 heavy (non-hydrogen) atoms. The minimum Gasteiger partial charge on any atom is -0.542 e. The van der Waals surface area contributed by atoms with Crippen molar-refractivity contribution in [3.05, 3.63) is 0 Å². The highest BCUT2D eigenvalue weighted by molar-refractivity contribution is 5.71. The first-order valence-electron chi connectivity index (χ1n) is 4.86. The number of halogens is 6. The molecule has 0 heterocycles. The first-order chi connectivity index (χ1) is 8.72. The summed E-state index contributed by atoms with van der Waals surface area (Å²) in [6.07, 6.45) is -10.4. The van der Waals surface area contributed by atoms with Gasteiger partial charge >= 0.3 is 12.4 Å². The summed E-state index contributed by atoms with van der Waals surface area (Å²) in [5, 5.41) is 17.6. The average Bonchev–Trinajstić information content (AvgIpc) is 2.17. The lowest BCUT2D eigenvalue weighted by Gasteiger charge is -2.03.